The summed E-state index contributed by atoms with van der Waals surface area (Å²) < 4.78 is 5.24. The van der Waals surface area contributed by atoms with Gasteiger partial charge in [0.25, 0.3) is 0 Å². The van der Waals surface area contributed by atoms with Gasteiger partial charge < -0.3 is 4.74 Å². The molecule has 28 heavy (non-hydrogen) atoms. The molecule has 0 aliphatic carbocycles. The number of hydrogen-bond acceptors (Lipinski definition) is 5. The van der Waals surface area contributed by atoms with Gasteiger partial charge in [-0.1, -0.05) is 54.6 Å². The maximum Gasteiger partial charge on any atom is 0.205 e. The van der Waals surface area contributed by atoms with E-state index in [1.165, 1.54) is 0 Å². The molecule has 0 amide bonds. The predicted octanol–water partition coefficient (Wildman–Crippen LogP) is 3.94. The maximum absolute atomic E-state index is 9.27. The van der Waals surface area contributed by atoms with Gasteiger partial charge in [0.15, 0.2) is 0 Å². The van der Waals surface area contributed by atoms with Crippen LogP contribution in [0.3, 0.4) is 0 Å². The first-order chi connectivity index (χ1) is 13.8. The van der Waals surface area contributed by atoms with Crippen molar-refractivity contribution in [1.29, 1.82) is 5.26 Å². The Morgan fingerprint density at radius 3 is 2.57 bits per heavy atom. The van der Waals surface area contributed by atoms with Gasteiger partial charge in [0.1, 0.15) is 5.75 Å². The number of ether oxygens (including phenoxy) is 1. The van der Waals surface area contributed by atoms with Gasteiger partial charge in [0.05, 0.1) is 25.3 Å². The summed E-state index contributed by atoms with van der Waals surface area (Å²) in [5.41, 5.74) is 4.50. The zero-order valence-corrected chi connectivity index (χ0v) is 15.3. The summed E-state index contributed by atoms with van der Waals surface area (Å²) in [7, 11) is 1.63. The van der Waals surface area contributed by atoms with Crippen molar-refractivity contribution in [2.24, 2.45) is 0 Å². The molecule has 6 nitrogen and oxygen atoms in total. The van der Waals surface area contributed by atoms with Crippen molar-refractivity contribution in [3.63, 3.8) is 0 Å². The van der Waals surface area contributed by atoms with E-state index < -0.39 is 0 Å². The van der Waals surface area contributed by atoms with Crippen LogP contribution >= 0.6 is 0 Å². The molecule has 3 aromatic carbocycles. The number of nitrogens with zero attached hydrogens (tertiary/aromatic N) is 5. The van der Waals surface area contributed by atoms with E-state index in [0.29, 0.717) is 17.9 Å². The Bertz CT molecular complexity index is 1140. The number of nitriles is 1. The van der Waals surface area contributed by atoms with Gasteiger partial charge in [-0.05, 0) is 40.1 Å². The standard InChI is InChI=1S/C22H17N5O/c1-28-20-7-4-6-18(13-20)22-24-26-27(25-22)15-16-9-11-17(12-10-16)21-8-3-2-5-19(21)14-23/h2-13H,15H2,1H3. The van der Waals surface area contributed by atoms with Gasteiger partial charge in [-0.2, -0.15) is 10.1 Å². The monoisotopic (exact) mass is 367 g/mol. The van der Waals surface area contributed by atoms with Crippen molar-refractivity contribution < 1.29 is 4.74 Å². The average Bonchev–Trinajstić information content (AvgIpc) is 3.23. The molecule has 0 fully saturated rings. The van der Waals surface area contributed by atoms with Gasteiger partial charge >= 0.3 is 0 Å². The van der Waals surface area contributed by atoms with E-state index in [1.54, 1.807) is 11.9 Å². The fraction of sp³-hybridized carbons (Fsp3) is 0.0909. The number of rotatable bonds is 5. The van der Waals surface area contributed by atoms with Gasteiger partial charge in [0, 0.05) is 5.56 Å². The number of methoxy groups -OCH3 is 1. The Hall–Kier alpha value is -3.98. The van der Waals surface area contributed by atoms with Crippen LogP contribution in [0.2, 0.25) is 0 Å². The first-order valence-electron chi connectivity index (χ1n) is 8.77. The van der Waals surface area contributed by atoms with E-state index in [1.807, 2.05) is 72.8 Å². The first-order valence-corrected chi connectivity index (χ1v) is 8.77. The van der Waals surface area contributed by atoms with Crippen LogP contribution in [-0.4, -0.2) is 27.3 Å². The second-order valence-electron chi connectivity index (χ2n) is 6.23. The van der Waals surface area contributed by atoms with Crippen molar-refractivity contribution in [3.05, 3.63) is 83.9 Å². The molecule has 0 saturated heterocycles. The molecule has 136 valence electrons. The number of benzene rings is 3. The minimum atomic E-state index is 0.511. The van der Waals surface area contributed by atoms with E-state index in [2.05, 4.69) is 21.5 Å². The van der Waals surface area contributed by atoms with Crippen LogP contribution in [0.5, 0.6) is 5.75 Å². The first kappa shape index (κ1) is 17.4. The average molecular weight is 367 g/mol. The van der Waals surface area contributed by atoms with Gasteiger partial charge in [0.2, 0.25) is 5.82 Å². The van der Waals surface area contributed by atoms with E-state index in [4.69, 9.17) is 4.74 Å². The molecular weight excluding hydrogens is 350 g/mol. The second kappa shape index (κ2) is 7.72. The third-order valence-electron chi connectivity index (χ3n) is 4.42. The van der Waals surface area contributed by atoms with Crippen LogP contribution in [0.25, 0.3) is 22.5 Å². The third kappa shape index (κ3) is 3.60. The molecule has 1 aromatic heterocycles. The topological polar surface area (TPSA) is 76.6 Å². The highest BCUT2D eigenvalue weighted by Gasteiger charge is 2.08. The molecule has 4 aromatic rings. The van der Waals surface area contributed by atoms with Gasteiger partial charge in [-0.25, -0.2) is 0 Å². The molecular formula is C22H17N5O. The van der Waals surface area contributed by atoms with Gasteiger partial charge in [-0.15, -0.1) is 10.2 Å². The molecule has 0 unspecified atom stereocenters. The lowest BCUT2D eigenvalue weighted by atomic mass is 9.99. The van der Waals surface area contributed by atoms with E-state index in [0.717, 1.165) is 28.0 Å². The molecule has 0 atom stereocenters. The van der Waals surface area contributed by atoms with Crippen molar-refractivity contribution in [1.82, 2.24) is 20.2 Å². The highest BCUT2D eigenvalue weighted by atomic mass is 16.5. The highest BCUT2D eigenvalue weighted by molar-refractivity contribution is 5.70. The molecule has 0 N–H and O–H groups in total. The molecule has 4 rings (SSSR count). The van der Waals surface area contributed by atoms with Crippen molar-refractivity contribution in [3.8, 4) is 34.3 Å². The zero-order valence-electron chi connectivity index (χ0n) is 15.3. The summed E-state index contributed by atoms with van der Waals surface area (Å²) in [4.78, 5) is 1.56. The molecule has 0 aliphatic heterocycles. The Kier molecular flexibility index (Phi) is 4.81. The Morgan fingerprint density at radius 1 is 0.964 bits per heavy atom. The fourth-order valence-corrected chi connectivity index (χ4v) is 2.97. The van der Waals surface area contributed by atoms with Crippen LogP contribution in [0.4, 0.5) is 0 Å². The summed E-state index contributed by atoms with van der Waals surface area (Å²) in [6.07, 6.45) is 0. The van der Waals surface area contributed by atoms with Crippen LogP contribution in [0.1, 0.15) is 11.1 Å². The SMILES string of the molecule is COc1cccc(-c2nnn(Cc3ccc(-c4ccccc4C#N)cc3)n2)c1. The van der Waals surface area contributed by atoms with Crippen LogP contribution in [0, 0.1) is 11.3 Å². The van der Waals surface area contributed by atoms with E-state index in [-0.39, 0.29) is 0 Å². The molecule has 0 bridgehead atoms. The molecule has 1 heterocycles. The summed E-state index contributed by atoms with van der Waals surface area (Å²) in [6, 6.07) is 25.4. The smallest absolute Gasteiger partial charge is 0.205 e. The lowest BCUT2D eigenvalue weighted by Crippen LogP contribution is -2.04. The van der Waals surface area contributed by atoms with Crippen LogP contribution in [-0.2, 0) is 6.54 Å². The van der Waals surface area contributed by atoms with E-state index in [9.17, 15) is 5.26 Å². The third-order valence-corrected chi connectivity index (χ3v) is 4.42. The summed E-state index contributed by atoms with van der Waals surface area (Å²) in [5, 5.41) is 22.0. The summed E-state index contributed by atoms with van der Waals surface area (Å²) >= 11 is 0. The minimum absolute atomic E-state index is 0.511. The Balaban J connectivity index is 1.52. The normalized spacial score (nSPS) is 10.4. The van der Waals surface area contributed by atoms with E-state index >= 15 is 0 Å². The lowest BCUT2D eigenvalue weighted by Gasteiger charge is -2.05. The molecule has 0 spiro atoms. The van der Waals surface area contributed by atoms with Crippen LogP contribution < -0.4 is 4.74 Å². The molecule has 0 saturated carbocycles. The lowest BCUT2D eigenvalue weighted by molar-refractivity contribution is 0.415. The zero-order chi connectivity index (χ0) is 19.3. The maximum atomic E-state index is 9.27. The van der Waals surface area contributed by atoms with Crippen molar-refractivity contribution in [2.75, 3.05) is 7.11 Å². The number of aromatic nitrogens is 4. The Labute approximate surface area is 162 Å². The Morgan fingerprint density at radius 2 is 1.79 bits per heavy atom. The van der Waals surface area contributed by atoms with Crippen molar-refractivity contribution >= 4 is 0 Å². The van der Waals surface area contributed by atoms with Gasteiger partial charge in [-0.3, -0.25) is 0 Å². The fourth-order valence-electron chi connectivity index (χ4n) is 2.97. The summed E-state index contributed by atoms with van der Waals surface area (Å²) in [5.74, 6) is 1.31. The minimum Gasteiger partial charge on any atom is -0.497 e. The highest BCUT2D eigenvalue weighted by Crippen LogP contribution is 2.24. The molecule has 0 radical (unpaired) electrons. The quantitative estimate of drug-likeness (QED) is 0.534. The molecule has 6 heteroatoms. The number of tetrazole rings is 1. The predicted molar refractivity (Wildman–Crippen MR) is 106 cm³/mol. The second-order valence-corrected chi connectivity index (χ2v) is 6.23. The summed E-state index contributed by atoms with van der Waals surface area (Å²) in [6.45, 7) is 0.511. The largest absolute Gasteiger partial charge is 0.497 e. The van der Waals surface area contributed by atoms with Crippen molar-refractivity contribution in [2.45, 2.75) is 6.54 Å². The number of hydrogen-bond donors (Lipinski definition) is 0. The van der Waals surface area contributed by atoms with Crippen LogP contribution in [0.15, 0.2) is 72.8 Å². The molecule has 0 aliphatic rings.